The minimum atomic E-state index is -0.316. The number of amides is 1. The van der Waals surface area contributed by atoms with Gasteiger partial charge >= 0.3 is 0 Å². The second kappa shape index (κ2) is 13.8. The number of nitrogens with one attached hydrogen (secondary N) is 2. The number of anilines is 2. The highest BCUT2D eigenvalue weighted by Gasteiger charge is 2.11. The van der Waals surface area contributed by atoms with Gasteiger partial charge in [-0.3, -0.25) is 4.79 Å². The highest BCUT2D eigenvalue weighted by atomic mass is 79.9. The Balaban J connectivity index is 1.16. The van der Waals surface area contributed by atoms with Crippen LogP contribution in [0.1, 0.15) is 21.5 Å². The van der Waals surface area contributed by atoms with Crippen molar-refractivity contribution in [1.82, 2.24) is 10.4 Å². The highest BCUT2D eigenvalue weighted by molar-refractivity contribution is 9.11. The molecule has 0 radical (unpaired) electrons. The summed E-state index contributed by atoms with van der Waals surface area (Å²) in [5.41, 5.74) is 7.52. The summed E-state index contributed by atoms with van der Waals surface area (Å²) in [6, 6.07) is 26.3. The van der Waals surface area contributed by atoms with Crippen LogP contribution in [0.3, 0.4) is 0 Å². The molecule has 0 saturated carbocycles. The number of ether oxygens (including phenoxy) is 1. The predicted octanol–water partition coefficient (Wildman–Crippen LogP) is 9.84. The summed E-state index contributed by atoms with van der Waals surface area (Å²) in [6.07, 6.45) is 1.57. The number of hydrazone groups is 1. The van der Waals surface area contributed by atoms with E-state index in [0.29, 0.717) is 22.9 Å². The number of hydrogen-bond donors (Lipinski definition) is 2. The number of halogens is 4. The first-order chi connectivity index (χ1) is 19.8. The van der Waals surface area contributed by atoms with E-state index in [1.54, 1.807) is 18.3 Å². The van der Waals surface area contributed by atoms with Crippen molar-refractivity contribution in [3.63, 3.8) is 0 Å². The van der Waals surface area contributed by atoms with Crippen LogP contribution >= 0.6 is 70.7 Å². The lowest BCUT2D eigenvalue weighted by Gasteiger charge is -2.11. The fourth-order valence-electron chi connectivity index (χ4n) is 3.67. The smallest absolute Gasteiger partial charge is 0.271 e. The number of carbonyl (C=O) groups excluding carboxylic acids is 1. The fraction of sp³-hybridized carbons (Fsp3) is 0.0333. The third kappa shape index (κ3) is 8.05. The molecule has 6 nitrogen and oxygen atoms in total. The number of aromatic nitrogens is 1. The molecule has 0 unspecified atom stereocenters. The van der Waals surface area contributed by atoms with Gasteiger partial charge in [-0.05, 0) is 104 Å². The minimum Gasteiger partial charge on any atom is -0.487 e. The van der Waals surface area contributed by atoms with Crippen LogP contribution in [0.5, 0.6) is 5.75 Å². The van der Waals surface area contributed by atoms with E-state index in [0.717, 1.165) is 46.6 Å². The first kappa shape index (κ1) is 29.5. The molecule has 41 heavy (non-hydrogen) atoms. The monoisotopic (exact) mass is 772 g/mol. The molecule has 4 aromatic carbocycles. The lowest BCUT2D eigenvalue weighted by molar-refractivity contribution is 0.0955. The molecule has 1 heterocycles. The van der Waals surface area contributed by atoms with Crippen molar-refractivity contribution >= 4 is 93.7 Å². The number of benzene rings is 4. The molecule has 0 fully saturated rings. The number of carbonyl (C=O) groups is 1. The summed E-state index contributed by atoms with van der Waals surface area (Å²) in [5.74, 6) is 0.367. The van der Waals surface area contributed by atoms with Gasteiger partial charge in [0.05, 0.1) is 20.9 Å². The van der Waals surface area contributed by atoms with Crippen LogP contribution in [0.4, 0.5) is 10.8 Å². The van der Waals surface area contributed by atoms with Gasteiger partial charge in [-0.1, -0.05) is 51.8 Å². The van der Waals surface area contributed by atoms with E-state index in [4.69, 9.17) is 16.3 Å². The molecule has 0 bridgehead atoms. The van der Waals surface area contributed by atoms with Gasteiger partial charge in [0.2, 0.25) is 0 Å². The van der Waals surface area contributed by atoms with Crippen molar-refractivity contribution in [1.29, 1.82) is 0 Å². The number of hydrogen-bond acceptors (Lipinski definition) is 6. The van der Waals surface area contributed by atoms with E-state index in [-0.39, 0.29) is 5.91 Å². The molecule has 0 aliphatic heterocycles. The van der Waals surface area contributed by atoms with Gasteiger partial charge < -0.3 is 10.1 Å². The quantitative estimate of drug-likeness (QED) is 0.116. The first-order valence-corrected chi connectivity index (χ1v) is 15.8. The van der Waals surface area contributed by atoms with Crippen molar-refractivity contribution in [2.24, 2.45) is 5.10 Å². The third-order valence-electron chi connectivity index (χ3n) is 5.74. The van der Waals surface area contributed by atoms with E-state index in [1.807, 2.05) is 78.2 Å². The van der Waals surface area contributed by atoms with Crippen molar-refractivity contribution in [3.05, 3.63) is 125 Å². The summed E-state index contributed by atoms with van der Waals surface area (Å²) in [6.45, 7) is 0.427. The van der Waals surface area contributed by atoms with Crippen molar-refractivity contribution < 1.29 is 9.53 Å². The average molecular weight is 776 g/mol. The summed E-state index contributed by atoms with van der Waals surface area (Å²) in [5, 5.41) is 10.8. The summed E-state index contributed by atoms with van der Waals surface area (Å²) in [4.78, 5) is 17.3. The lowest BCUT2D eigenvalue weighted by atomic mass is 10.1. The van der Waals surface area contributed by atoms with Gasteiger partial charge in [-0.25, -0.2) is 10.4 Å². The van der Waals surface area contributed by atoms with Gasteiger partial charge in [0.1, 0.15) is 12.4 Å². The first-order valence-electron chi connectivity index (χ1n) is 12.1. The Morgan fingerprint density at radius 1 is 0.951 bits per heavy atom. The van der Waals surface area contributed by atoms with Crippen LogP contribution in [0.25, 0.3) is 11.3 Å². The molecular formula is C30H20Br3ClN4O2S. The standard InChI is InChI=1S/C30H20Br3ClN4O2S/c31-22-7-1-18(2-8-22)16-40-28-25(32)13-19(14-26(28)33)15-35-38-29(39)21-5-3-20(4-6-21)27-17-41-30(37-27)36-24-11-9-23(34)10-12-24/h1-15,17H,16H2,(H,36,37)(H,38,39)/b35-15-. The predicted molar refractivity (Wildman–Crippen MR) is 178 cm³/mol. The maximum Gasteiger partial charge on any atom is 0.271 e. The van der Waals surface area contributed by atoms with E-state index in [1.165, 1.54) is 11.3 Å². The molecule has 0 aliphatic rings. The molecule has 0 saturated heterocycles. The summed E-state index contributed by atoms with van der Waals surface area (Å²) < 4.78 is 8.54. The van der Waals surface area contributed by atoms with E-state index < -0.39 is 0 Å². The Morgan fingerprint density at radius 3 is 2.32 bits per heavy atom. The van der Waals surface area contributed by atoms with E-state index in [2.05, 4.69) is 68.6 Å². The maximum absolute atomic E-state index is 12.6. The molecular weight excluding hydrogens is 756 g/mol. The van der Waals surface area contributed by atoms with E-state index >= 15 is 0 Å². The second-order valence-electron chi connectivity index (χ2n) is 8.68. The third-order valence-corrected chi connectivity index (χ3v) is 8.46. The SMILES string of the molecule is O=C(N/N=C\c1cc(Br)c(OCc2ccc(Br)cc2)c(Br)c1)c1ccc(-c2csc(Nc3ccc(Cl)cc3)n2)cc1. The lowest BCUT2D eigenvalue weighted by Crippen LogP contribution is -2.17. The van der Waals surface area contributed by atoms with Gasteiger partial charge in [-0.15, -0.1) is 11.3 Å². The average Bonchev–Trinajstić information content (AvgIpc) is 3.43. The Hall–Kier alpha value is -3.02. The Bertz CT molecular complexity index is 1670. The van der Waals surface area contributed by atoms with Crippen molar-refractivity contribution in [2.45, 2.75) is 6.61 Å². The molecule has 2 N–H and O–H groups in total. The molecule has 1 aromatic heterocycles. The van der Waals surface area contributed by atoms with Crippen LogP contribution in [-0.4, -0.2) is 17.1 Å². The van der Waals surface area contributed by atoms with Gasteiger partial charge in [0.25, 0.3) is 5.91 Å². The Morgan fingerprint density at radius 2 is 1.63 bits per heavy atom. The van der Waals surface area contributed by atoms with Gasteiger partial charge in [-0.2, -0.15) is 5.10 Å². The summed E-state index contributed by atoms with van der Waals surface area (Å²) in [7, 11) is 0. The van der Waals surface area contributed by atoms with Crippen LogP contribution in [-0.2, 0) is 6.61 Å². The van der Waals surface area contributed by atoms with Crippen LogP contribution in [0, 0.1) is 0 Å². The molecule has 5 aromatic rings. The van der Waals surface area contributed by atoms with Crippen molar-refractivity contribution in [3.8, 4) is 17.0 Å². The zero-order valence-corrected chi connectivity index (χ0v) is 27.4. The number of rotatable bonds is 9. The highest BCUT2D eigenvalue weighted by Crippen LogP contribution is 2.35. The maximum atomic E-state index is 12.6. The molecule has 0 atom stereocenters. The van der Waals surface area contributed by atoms with Crippen LogP contribution in [0.2, 0.25) is 5.02 Å². The molecule has 0 spiro atoms. The largest absolute Gasteiger partial charge is 0.487 e. The molecule has 206 valence electrons. The van der Waals surface area contributed by atoms with Crippen LogP contribution < -0.4 is 15.5 Å². The normalized spacial score (nSPS) is 11.0. The zero-order chi connectivity index (χ0) is 28.8. The van der Waals surface area contributed by atoms with Crippen LogP contribution in [0.15, 0.2) is 109 Å². The zero-order valence-electron chi connectivity index (χ0n) is 21.1. The number of nitrogens with zero attached hydrogens (tertiary/aromatic N) is 2. The molecule has 1 amide bonds. The van der Waals surface area contributed by atoms with Crippen molar-refractivity contribution in [2.75, 3.05) is 5.32 Å². The Labute approximate surface area is 271 Å². The minimum absolute atomic E-state index is 0.316. The van der Waals surface area contributed by atoms with Gasteiger partial charge in [0.15, 0.2) is 5.13 Å². The van der Waals surface area contributed by atoms with Gasteiger partial charge in [0, 0.05) is 31.7 Å². The number of thiazole rings is 1. The molecule has 0 aliphatic carbocycles. The summed E-state index contributed by atoms with van der Waals surface area (Å²) >= 11 is 18.0. The topological polar surface area (TPSA) is 75.6 Å². The molecule has 5 rings (SSSR count). The second-order valence-corrected chi connectivity index (χ2v) is 12.6. The van der Waals surface area contributed by atoms with E-state index in [9.17, 15) is 4.79 Å². The molecule has 11 heteroatoms. The fourth-order valence-corrected chi connectivity index (χ4v) is 6.25. The Kier molecular flexibility index (Phi) is 9.89.